The molecule has 2 heteroatoms. The minimum atomic E-state index is 0.435. The molecule has 70 valence electrons. The van der Waals surface area contributed by atoms with E-state index in [1.54, 1.807) is 0 Å². The monoisotopic (exact) mass is 176 g/mol. The molecule has 1 heterocycles. The van der Waals surface area contributed by atoms with Crippen molar-refractivity contribution in [3.8, 4) is 0 Å². The molecule has 1 aliphatic carbocycles. The van der Waals surface area contributed by atoms with Gasteiger partial charge in [0.2, 0.25) is 0 Å². The molecule has 0 amide bonds. The molecule has 1 unspecified atom stereocenters. The van der Waals surface area contributed by atoms with Crippen LogP contribution in [-0.2, 0) is 12.8 Å². The van der Waals surface area contributed by atoms with Crippen molar-refractivity contribution in [2.24, 2.45) is 5.41 Å². The summed E-state index contributed by atoms with van der Waals surface area (Å²) in [7, 11) is 0. The molecule has 0 saturated carbocycles. The molecule has 0 N–H and O–H groups in total. The zero-order valence-electron chi connectivity index (χ0n) is 8.59. The molecule has 0 bridgehead atoms. The van der Waals surface area contributed by atoms with Crippen molar-refractivity contribution < 1.29 is 0 Å². The minimum Gasteiger partial charge on any atom is -0.156 e. The van der Waals surface area contributed by atoms with Crippen LogP contribution in [0, 0.1) is 12.3 Å². The predicted molar refractivity (Wildman–Crippen MR) is 52.6 cm³/mol. The summed E-state index contributed by atoms with van der Waals surface area (Å²) in [6, 6.07) is 2.18. The second kappa shape index (κ2) is 2.79. The molecule has 2 nitrogen and oxygen atoms in total. The van der Waals surface area contributed by atoms with Gasteiger partial charge in [-0.2, -0.15) is 10.2 Å². The first-order chi connectivity index (χ1) is 6.13. The van der Waals surface area contributed by atoms with E-state index in [1.807, 2.05) is 6.92 Å². The summed E-state index contributed by atoms with van der Waals surface area (Å²) in [4.78, 5) is 0. The maximum Gasteiger partial charge on any atom is 0.0668 e. The van der Waals surface area contributed by atoms with Crippen molar-refractivity contribution >= 4 is 0 Å². The van der Waals surface area contributed by atoms with E-state index in [4.69, 9.17) is 0 Å². The predicted octanol–water partition coefficient (Wildman–Crippen LogP) is 2.30. The summed E-state index contributed by atoms with van der Waals surface area (Å²) in [6.07, 6.45) is 3.50. The maximum atomic E-state index is 4.25. The van der Waals surface area contributed by atoms with Gasteiger partial charge in [0.05, 0.1) is 11.4 Å². The fraction of sp³-hybridized carbons (Fsp3) is 0.636. The molecule has 0 fully saturated rings. The Bertz CT molecular complexity index is 333. The van der Waals surface area contributed by atoms with Crippen molar-refractivity contribution in [2.75, 3.05) is 0 Å². The topological polar surface area (TPSA) is 25.8 Å². The molecular weight excluding hydrogens is 160 g/mol. The molecule has 0 radical (unpaired) electrons. The summed E-state index contributed by atoms with van der Waals surface area (Å²) in [5.41, 5.74) is 4.11. The van der Waals surface area contributed by atoms with Crippen molar-refractivity contribution in [2.45, 2.75) is 40.0 Å². The Morgan fingerprint density at radius 1 is 1.38 bits per heavy atom. The Labute approximate surface area is 79.4 Å². The number of hydrogen-bond acceptors (Lipinski definition) is 2. The fourth-order valence-corrected chi connectivity index (χ4v) is 2.05. The highest BCUT2D eigenvalue weighted by molar-refractivity contribution is 5.28. The summed E-state index contributed by atoms with van der Waals surface area (Å²) < 4.78 is 0. The molecule has 1 aromatic heterocycles. The van der Waals surface area contributed by atoms with Gasteiger partial charge in [-0.05, 0) is 36.8 Å². The van der Waals surface area contributed by atoms with E-state index in [9.17, 15) is 0 Å². The zero-order chi connectivity index (χ0) is 9.47. The number of nitrogens with zero attached hydrogens (tertiary/aromatic N) is 2. The van der Waals surface area contributed by atoms with Crippen molar-refractivity contribution in [1.29, 1.82) is 0 Å². The lowest BCUT2D eigenvalue weighted by molar-refractivity contribution is 0.330. The number of aromatic nitrogens is 2. The first kappa shape index (κ1) is 8.67. The normalized spacial score (nSPS) is 26.1. The molecule has 0 spiro atoms. The lowest BCUT2D eigenvalue weighted by Crippen LogP contribution is -2.14. The molecular formula is C11H16N2. The third-order valence-corrected chi connectivity index (χ3v) is 3.15. The standard InChI is InChI=1S/C11H16N2/c1-4-11(3)6-9-5-8(2)12-13-10(9)7-11/h5H,4,6-7H2,1-3H3. The molecule has 1 aromatic rings. The van der Waals surface area contributed by atoms with Gasteiger partial charge in [-0.3, -0.25) is 0 Å². The average molecular weight is 176 g/mol. The minimum absolute atomic E-state index is 0.435. The first-order valence-corrected chi connectivity index (χ1v) is 4.95. The second-order valence-electron chi connectivity index (χ2n) is 4.48. The molecule has 13 heavy (non-hydrogen) atoms. The van der Waals surface area contributed by atoms with E-state index in [0.29, 0.717) is 5.41 Å². The van der Waals surface area contributed by atoms with Crippen molar-refractivity contribution in [3.05, 3.63) is 23.0 Å². The van der Waals surface area contributed by atoms with Crippen LogP contribution in [0.4, 0.5) is 0 Å². The summed E-state index contributed by atoms with van der Waals surface area (Å²) in [5.74, 6) is 0. The van der Waals surface area contributed by atoms with Gasteiger partial charge in [-0.25, -0.2) is 0 Å². The van der Waals surface area contributed by atoms with E-state index in [1.165, 1.54) is 24.1 Å². The van der Waals surface area contributed by atoms with Crippen molar-refractivity contribution in [1.82, 2.24) is 10.2 Å². The third-order valence-electron chi connectivity index (χ3n) is 3.15. The highest BCUT2D eigenvalue weighted by Crippen LogP contribution is 2.37. The van der Waals surface area contributed by atoms with Crippen LogP contribution < -0.4 is 0 Å². The highest BCUT2D eigenvalue weighted by atomic mass is 15.1. The fourth-order valence-electron chi connectivity index (χ4n) is 2.05. The van der Waals surface area contributed by atoms with E-state index >= 15 is 0 Å². The third kappa shape index (κ3) is 1.45. The molecule has 2 rings (SSSR count). The Morgan fingerprint density at radius 3 is 2.85 bits per heavy atom. The molecule has 1 aliphatic rings. The average Bonchev–Trinajstić information content (AvgIpc) is 2.42. The van der Waals surface area contributed by atoms with Gasteiger partial charge >= 0.3 is 0 Å². The number of hydrogen-bond donors (Lipinski definition) is 0. The van der Waals surface area contributed by atoms with Gasteiger partial charge in [0.15, 0.2) is 0 Å². The van der Waals surface area contributed by atoms with E-state index in [2.05, 4.69) is 30.1 Å². The van der Waals surface area contributed by atoms with Crippen LogP contribution in [0.15, 0.2) is 6.07 Å². The van der Waals surface area contributed by atoms with Crippen LogP contribution in [0.1, 0.15) is 37.2 Å². The van der Waals surface area contributed by atoms with Gasteiger partial charge in [0.25, 0.3) is 0 Å². The molecule has 0 aliphatic heterocycles. The maximum absolute atomic E-state index is 4.25. The van der Waals surface area contributed by atoms with Crippen LogP contribution in [-0.4, -0.2) is 10.2 Å². The Kier molecular flexibility index (Phi) is 1.86. The van der Waals surface area contributed by atoms with Gasteiger partial charge in [-0.1, -0.05) is 20.3 Å². The summed E-state index contributed by atoms with van der Waals surface area (Å²) in [5, 5.41) is 8.35. The van der Waals surface area contributed by atoms with E-state index in [0.717, 1.165) is 12.1 Å². The SMILES string of the molecule is CCC1(C)Cc2cc(C)nnc2C1. The van der Waals surface area contributed by atoms with Gasteiger partial charge in [0.1, 0.15) is 0 Å². The number of rotatable bonds is 1. The summed E-state index contributed by atoms with van der Waals surface area (Å²) >= 11 is 0. The Hall–Kier alpha value is -0.920. The quantitative estimate of drug-likeness (QED) is 0.656. The first-order valence-electron chi connectivity index (χ1n) is 4.95. The number of fused-ring (bicyclic) bond motifs is 1. The van der Waals surface area contributed by atoms with Gasteiger partial charge < -0.3 is 0 Å². The van der Waals surface area contributed by atoms with E-state index < -0.39 is 0 Å². The largest absolute Gasteiger partial charge is 0.156 e. The van der Waals surface area contributed by atoms with Crippen LogP contribution >= 0.6 is 0 Å². The molecule has 1 atom stereocenters. The Morgan fingerprint density at radius 2 is 2.15 bits per heavy atom. The van der Waals surface area contributed by atoms with Crippen LogP contribution in [0.25, 0.3) is 0 Å². The summed E-state index contributed by atoms with van der Waals surface area (Å²) in [6.45, 7) is 6.60. The Balaban J connectivity index is 2.35. The van der Waals surface area contributed by atoms with Crippen LogP contribution in [0.2, 0.25) is 0 Å². The lowest BCUT2D eigenvalue weighted by atomic mass is 9.85. The van der Waals surface area contributed by atoms with E-state index in [-0.39, 0.29) is 0 Å². The smallest absolute Gasteiger partial charge is 0.0668 e. The second-order valence-corrected chi connectivity index (χ2v) is 4.48. The molecule has 0 aromatic carbocycles. The van der Waals surface area contributed by atoms with Gasteiger partial charge in [0, 0.05) is 0 Å². The lowest BCUT2D eigenvalue weighted by Gasteiger charge is -2.19. The van der Waals surface area contributed by atoms with Crippen LogP contribution in [0.3, 0.4) is 0 Å². The van der Waals surface area contributed by atoms with Crippen LogP contribution in [0.5, 0.6) is 0 Å². The highest BCUT2D eigenvalue weighted by Gasteiger charge is 2.32. The van der Waals surface area contributed by atoms with Gasteiger partial charge in [-0.15, -0.1) is 0 Å². The molecule has 0 saturated heterocycles. The number of aryl methyl sites for hydroxylation is 1. The zero-order valence-corrected chi connectivity index (χ0v) is 8.59. The van der Waals surface area contributed by atoms with Crippen molar-refractivity contribution in [3.63, 3.8) is 0 Å².